The van der Waals surface area contributed by atoms with Gasteiger partial charge in [-0.05, 0) is 37.3 Å². The molecule has 7 nitrogen and oxygen atoms in total. The molecular formula is C26H34N4O3. The van der Waals surface area contributed by atoms with Crippen LogP contribution in [0.25, 0.3) is 0 Å². The highest BCUT2D eigenvalue weighted by Gasteiger charge is 2.57. The van der Waals surface area contributed by atoms with E-state index in [4.69, 9.17) is 9.47 Å². The highest BCUT2D eigenvalue weighted by molar-refractivity contribution is 5.68. The number of carbonyl (C=O) groups is 1. The van der Waals surface area contributed by atoms with Crippen LogP contribution in [0.3, 0.4) is 0 Å². The zero-order valence-electron chi connectivity index (χ0n) is 19.4. The van der Waals surface area contributed by atoms with E-state index < -0.39 is 11.8 Å². The van der Waals surface area contributed by atoms with Gasteiger partial charge in [0.15, 0.2) is 0 Å². The van der Waals surface area contributed by atoms with E-state index in [1.54, 1.807) is 0 Å². The molecule has 2 aliphatic rings. The summed E-state index contributed by atoms with van der Waals surface area (Å²) in [7, 11) is 0. The number of azo groups is 1. The lowest BCUT2D eigenvalue weighted by atomic mass is 9.95. The zero-order chi connectivity index (χ0) is 23.1. The van der Waals surface area contributed by atoms with Crippen LogP contribution >= 0.6 is 0 Å². The number of benzene rings is 2. The molecule has 2 aromatic rings. The Labute approximate surface area is 196 Å². The van der Waals surface area contributed by atoms with Crippen LogP contribution in [0.4, 0.5) is 4.79 Å². The van der Waals surface area contributed by atoms with Gasteiger partial charge in [-0.25, -0.2) is 4.79 Å². The Balaban J connectivity index is 1.39. The Morgan fingerprint density at radius 2 is 1.79 bits per heavy atom. The molecule has 2 N–H and O–H groups in total. The molecule has 2 aromatic carbocycles. The number of fused-ring (bicyclic) bond motifs is 1. The van der Waals surface area contributed by atoms with E-state index in [1.165, 1.54) is 0 Å². The maximum atomic E-state index is 12.7. The van der Waals surface area contributed by atoms with E-state index in [0.29, 0.717) is 12.3 Å². The summed E-state index contributed by atoms with van der Waals surface area (Å²) in [6.45, 7) is 5.88. The van der Waals surface area contributed by atoms with Crippen LogP contribution in [0, 0.1) is 5.92 Å². The van der Waals surface area contributed by atoms with Gasteiger partial charge in [0, 0.05) is 25.2 Å². The standard InChI is InChI=1S/C26H34N4O3/c1-3-15-32-16-14-21-23-24(21)29-30-26(2,28-23)22(17-19-10-6-4-7-11-19)27-25(31)33-18-20-12-8-5-9-13-20/h4-13,21-24,28H,3,14-18H2,1-2H3,(H,27,31). The summed E-state index contributed by atoms with van der Waals surface area (Å²) in [4.78, 5) is 12.7. The third-order valence-corrected chi connectivity index (χ3v) is 6.39. The second kappa shape index (κ2) is 10.9. The van der Waals surface area contributed by atoms with Crippen molar-refractivity contribution in [3.05, 3.63) is 71.8 Å². The molecule has 0 bridgehead atoms. The first-order valence-corrected chi connectivity index (χ1v) is 11.9. The number of carbonyl (C=O) groups excluding carboxylic acids is 1. The normalized spacial score (nSPS) is 26.3. The van der Waals surface area contributed by atoms with Crippen molar-refractivity contribution in [3.8, 4) is 0 Å². The van der Waals surface area contributed by atoms with Crippen LogP contribution in [0.2, 0.25) is 0 Å². The van der Waals surface area contributed by atoms with Crippen molar-refractivity contribution in [2.24, 2.45) is 16.1 Å². The second-order valence-electron chi connectivity index (χ2n) is 9.04. The summed E-state index contributed by atoms with van der Waals surface area (Å²) >= 11 is 0. The molecule has 0 spiro atoms. The zero-order valence-corrected chi connectivity index (χ0v) is 19.4. The highest BCUT2D eigenvalue weighted by atomic mass is 16.5. The molecular weight excluding hydrogens is 416 g/mol. The van der Waals surface area contributed by atoms with Crippen LogP contribution in [-0.4, -0.2) is 43.1 Å². The summed E-state index contributed by atoms with van der Waals surface area (Å²) in [6, 6.07) is 19.9. The number of alkyl carbamates (subject to hydrolysis) is 1. The smallest absolute Gasteiger partial charge is 0.407 e. The minimum absolute atomic E-state index is 0.200. The SMILES string of the molecule is CCCOCCC1C2N=NC(C)(C(Cc3ccccc3)NC(=O)OCc3ccccc3)NC12. The van der Waals surface area contributed by atoms with Gasteiger partial charge in [0.05, 0.1) is 12.1 Å². The summed E-state index contributed by atoms with van der Waals surface area (Å²) in [5, 5.41) is 16.0. The highest BCUT2D eigenvalue weighted by Crippen LogP contribution is 2.43. The van der Waals surface area contributed by atoms with Crippen molar-refractivity contribution in [1.82, 2.24) is 10.6 Å². The largest absolute Gasteiger partial charge is 0.445 e. The Morgan fingerprint density at radius 3 is 2.48 bits per heavy atom. The second-order valence-corrected chi connectivity index (χ2v) is 9.04. The molecule has 1 fully saturated rings. The summed E-state index contributed by atoms with van der Waals surface area (Å²) in [5.74, 6) is 0.426. The lowest BCUT2D eigenvalue weighted by Gasteiger charge is -2.36. The number of amides is 1. The van der Waals surface area contributed by atoms with E-state index >= 15 is 0 Å². The quantitative estimate of drug-likeness (QED) is 0.495. The van der Waals surface area contributed by atoms with Crippen LogP contribution < -0.4 is 10.6 Å². The molecule has 7 heteroatoms. The van der Waals surface area contributed by atoms with Crippen LogP contribution in [0.15, 0.2) is 70.9 Å². The summed E-state index contributed by atoms with van der Waals surface area (Å²) in [5.41, 5.74) is 1.34. The van der Waals surface area contributed by atoms with Gasteiger partial charge >= 0.3 is 6.09 Å². The van der Waals surface area contributed by atoms with Gasteiger partial charge in [-0.3, -0.25) is 5.32 Å². The molecule has 1 heterocycles. The third kappa shape index (κ3) is 6.18. The number of ether oxygens (including phenoxy) is 2. The van der Waals surface area contributed by atoms with Crippen molar-refractivity contribution < 1.29 is 14.3 Å². The Morgan fingerprint density at radius 1 is 1.09 bits per heavy atom. The van der Waals surface area contributed by atoms with Gasteiger partial charge < -0.3 is 14.8 Å². The van der Waals surface area contributed by atoms with E-state index in [0.717, 1.165) is 37.2 Å². The first kappa shape index (κ1) is 23.4. The van der Waals surface area contributed by atoms with E-state index in [2.05, 4.69) is 39.9 Å². The lowest BCUT2D eigenvalue weighted by molar-refractivity contribution is 0.123. The van der Waals surface area contributed by atoms with Gasteiger partial charge in [0.25, 0.3) is 0 Å². The van der Waals surface area contributed by atoms with Crippen LogP contribution in [-0.2, 0) is 22.5 Å². The van der Waals surface area contributed by atoms with Crippen LogP contribution in [0.5, 0.6) is 0 Å². The predicted molar refractivity (Wildman–Crippen MR) is 127 cm³/mol. The van der Waals surface area contributed by atoms with Gasteiger partial charge in [-0.15, -0.1) is 0 Å². The fraction of sp³-hybridized carbons (Fsp3) is 0.500. The monoisotopic (exact) mass is 450 g/mol. The molecule has 176 valence electrons. The fourth-order valence-corrected chi connectivity index (χ4v) is 4.39. The van der Waals surface area contributed by atoms with Crippen molar-refractivity contribution in [1.29, 1.82) is 0 Å². The first-order chi connectivity index (χ1) is 16.1. The topological polar surface area (TPSA) is 84.3 Å². The molecule has 5 atom stereocenters. The van der Waals surface area contributed by atoms with Gasteiger partial charge in [0.1, 0.15) is 12.3 Å². The first-order valence-electron chi connectivity index (χ1n) is 11.9. The maximum Gasteiger partial charge on any atom is 0.407 e. The summed E-state index contributed by atoms with van der Waals surface area (Å²) < 4.78 is 11.2. The fourth-order valence-electron chi connectivity index (χ4n) is 4.39. The Kier molecular flexibility index (Phi) is 7.73. The Hall–Kier alpha value is -2.77. The van der Waals surface area contributed by atoms with Gasteiger partial charge in [0.2, 0.25) is 0 Å². The van der Waals surface area contributed by atoms with Gasteiger partial charge in [-0.1, -0.05) is 67.6 Å². The van der Waals surface area contributed by atoms with Crippen molar-refractivity contribution >= 4 is 6.09 Å². The van der Waals surface area contributed by atoms with Crippen molar-refractivity contribution in [2.45, 2.75) is 63.5 Å². The molecule has 5 unspecified atom stereocenters. The third-order valence-electron chi connectivity index (χ3n) is 6.39. The molecule has 0 radical (unpaired) electrons. The van der Waals surface area contributed by atoms with Crippen molar-refractivity contribution in [3.63, 3.8) is 0 Å². The molecule has 4 rings (SSSR count). The van der Waals surface area contributed by atoms with E-state index in [9.17, 15) is 4.79 Å². The maximum absolute atomic E-state index is 12.7. The molecule has 0 saturated heterocycles. The van der Waals surface area contributed by atoms with Crippen LogP contribution in [0.1, 0.15) is 37.8 Å². The number of nitrogens with one attached hydrogen (secondary N) is 2. The minimum Gasteiger partial charge on any atom is -0.445 e. The van der Waals surface area contributed by atoms with Crippen molar-refractivity contribution in [2.75, 3.05) is 13.2 Å². The molecule has 1 saturated carbocycles. The number of hydrogen-bond donors (Lipinski definition) is 2. The molecule has 33 heavy (non-hydrogen) atoms. The van der Waals surface area contributed by atoms with E-state index in [1.807, 2.05) is 55.5 Å². The minimum atomic E-state index is -0.720. The number of nitrogens with zero attached hydrogens (tertiary/aromatic N) is 2. The predicted octanol–water partition coefficient (Wildman–Crippen LogP) is 4.48. The lowest BCUT2D eigenvalue weighted by Crippen LogP contribution is -2.60. The number of hydrogen-bond acceptors (Lipinski definition) is 6. The average molecular weight is 451 g/mol. The number of rotatable bonds is 11. The van der Waals surface area contributed by atoms with Gasteiger partial charge in [-0.2, -0.15) is 10.2 Å². The molecule has 1 amide bonds. The molecule has 1 aliphatic carbocycles. The molecule has 1 aliphatic heterocycles. The Bertz CT molecular complexity index is 924. The summed E-state index contributed by atoms with van der Waals surface area (Å²) in [6.07, 6.45) is 2.15. The van der Waals surface area contributed by atoms with E-state index in [-0.39, 0.29) is 24.7 Å². The molecule has 0 aromatic heterocycles. The average Bonchev–Trinajstić information content (AvgIpc) is 3.52.